The molecule has 3 rings (SSSR count). The van der Waals surface area contributed by atoms with Crippen LogP contribution in [-0.2, 0) is 0 Å². The Morgan fingerprint density at radius 1 is 1.11 bits per heavy atom. The SMILES string of the molecule is Clc1ccc(C2CC(Nc3cccnc3)C2)cc1. The number of nitrogens with zero attached hydrogens (tertiary/aromatic N) is 1. The Balaban J connectivity index is 1.56. The molecule has 3 heteroatoms. The van der Waals surface area contributed by atoms with E-state index in [9.17, 15) is 0 Å². The van der Waals surface area contributed by atoms with Crippen LogP contribution in [0, 0.1) is 0 Å². The monoisotopic (exact) mass is 258 g/mol. The minimum absolute atomic E-state index is 0.565. The molecular weight excluding hydrogens is 244 g/mol. The molecule has 0 aliphatic heterocycles. The largest absolute Gasteiger partial charge is 0.381 e. The second-order valence-electron chi connectivity index (χ2n) is 4.80. The quantitative estimate of drug-likeness (QED) is 0.897. The van der Waals surface area contributed by atoms with Gasteiger partial charge in [-0.25, -0.2) is 0 Å². The van der Waals surface area contributed by atoms with Gasteiger partial charge >= 0.3 is 0 Å². The van der Waals surface area contributed by atoms with Gasteiger partial charge in [0.25, 0.3) is 0 Å². The molecule has 2 aromatic rings. The summed E-state index contributed by atoms with van der Waals surface area (Å²) in [7, 11) is 0. The van der Waals surface area contributed by atoms with Gasteiger partial charge in [-0.2, -0.15) is 0 Å². The van der Waals surface area contributed by atoms with Crippen LogP contribution >= 0.6 is 11.6 Å². The van der Waals surface area contributed by atoms with Crippen molar-refractivity contribution < 1.29 is 0 Å². The lowest BCUT2D eigenvalue weighted by Gasteiger charge is -2.36. The highest BCUT2D eigenvalue weighted by Crippen LogP contribution is 2.38. The maximum atomic E-state index is 5.89. The van der Waals surface area contributed by atoms with Crippen molar-refractivity contribution in [2.24, 2.45) is 0 Å². The molecular formula is C15H15ClN2. The molecule has 0 atom stereocenters. The molecule has 1 saturated carbocycles. The normalized spacial score (nSPS) is 22.3. The van der Waals surface area contributed by atoms with E-state index in [-0.39, 0.29) is 0 Å². The van der Waals surface area contributed by atoms with E-state index < -0.39 is 0 Å². The van der Waals surface area contributed by atoms with Gasteiger partial charge in [0.15, 0.2) is 0 Å². The van der Waals surface area contributed by atoms with E-state index in [1.807, 2.05) is 24.4 Å². The molecule has 2 nitrogen and oxygen atoms in total. The second kappa shape index (κ2) is 4.99. The highest BCUT2D eigenvalue weighted by atomic mass is 35.5. The number of rotatable bonds is 3. The molecule has 1 aromatic heterocycles. The van der Waals surface area contributed by atoms with E-state index in [1.54, 1.807) is 6.20 Å². The first-order chi connectivity index (χ1) is 8.81. The van der Waals surface area contributed by atoms with Crippen molar-refractivity contribution in [3.63, 3.8) is 0 Å². The standard InChI is InChI=1S/C15H15ClN2/c16-13-5-3-11(4-6-13)12-8-15(9-12)18-14-2-1-7-17-10-14/h1-7,10,12,15,18H,8-9H2. The van der Waals surface area contributed by atoms with Gasteiger partial charge in [0.05, 0.1) is 5.69 Å². The number of halogens is 1. The first-order valence-corrected chi connectivity index (χ1v) is 6.61. The fourth-order valence-electron chi connectivity index (χ4n) is 2.43. The molecule has 92 valence electrons. The first-order valence-electron chi connectivity index (χ1n) is 6.23. The summed E-state index contributed by atoms with van der Waals surface area (Å²) in [4.78, 5) is 4.11. The van der Waals surface area contributed by atoms with Gasteiger partial charge in [-0.1, -0.05) is 23.7 Å². The summed E-state index contributed by atoms with van der Waals surface area (Å²) in [6.45, 7) is 0. The van der Waals surface area contributed by atoms with Crippen LogP contribution in [0.4, 0.5) is 5.69 Å². The van der Waals surface area contributed by atoms with Crippen LogP contribution in [0.15, 0.2) is 48.8 Å². The molecule has 0 amide bonds. The van der Waals surface area contributed by atoms with Gasteiger partial charge in [-0.15, -0.1) is 0 Å². The third kappa shape index (κ3) is 2.49. The summed E-state index contributed by atoms with van der Waals surface area (Å²) >= 11 is 5.89. The Hall–Kier alpha value is -1.54. The summed E-state index contributed by atoms with van der Waals surface area (Å²) < 4.78 is 0. The molecule has 0 bridgehead atoms. The van der Waals surface area contributed by atoms with Gasteiger partial charge in [-0.05, 0) is 48.6 Å². The summed E-state index contributed by atoms with van der Waals surface area (Å²) in [6.07, 6.45) is 6.02. The average Bonchev–Trinajstić information content (AvgIpc) is 2.36. The number of nitrogens with one attached hydrogen (secondary N) is 1. The number of hydrogen-bond donors (Lipinski definition) is 1. The van der Waals surface area contributed by atoms with Crippen molar-refractivity contribution in [2.75, 3.05) is 5.32 Å². The zero-order chi connectivity index (χ0) is 12.4. The van der Waals surface area contributed by atoms with Crippen molar-refractivity contribution in [1.29, 1.82) is 0 Å². The van der Waals surface area contributed by atoms with E-state index in [4.69, 9.17) is 11.6 Å². The third-order valence-electron chi connectivity index (χ3n) is 3.51. The maximum Gasteiger partial charge on any atom is 0.0528 e. The number of hydrogen-bond acceptors (Lipinski definition) is 2. The second-order valence-corrected chi connectivity index (χ2v) is 5.24. The fourth-order valence-corrected chi connectivity index (χ4v) is 2.55. The average molecular weight is 259 g/mol. The summed E-state index contributed by atoms with van der Waals surface area (Å²) in [5.41, 5.74) is 2.50. The van der Waals surface area contributed by atoms with Crippen LogP contribution < -0.4 is 5.32 Å². The van der Waals surface area contributed by atoms with Crippen molar-refractivity contribution in [3.8, 4) is 0 Å². The van der Waals surface area contributed by atoms with Gasteiger partial charge in [0, 0.05) is 23.5 Å². The summed E-state index contributed by atoms with van der Waals surface area (Å²) in [5.74, 6) is 0.663. The smallest absolute Gasteiger partial charge is 0.0528 e. The highest BCUT2D eigenvalue weighted by molar-refractivity contribution is 6.30. The topological polar surface area (TPSA) is 24.9 Å². The lowest BCUT2D eigenvalue weighted by atomic mass is 9.76. The molecule has 1 aliphatic carbocycles. The summed E-state index contributed by atoms with van der Waals surface area (Å²) in [5, 5.41) is 4.31. The van der Waals surface area contributed by atoms with E-state index in [0.29, 0.717) is 12.0 Å². The number of benzene rings is 1. The van der Waals surface area contributed by atoms with Gasteiger partial charge in [-0.3, -0.25) is 4.98 Å². The highest BCUT2D eigenvalue weighted by Gasteiger charge is 2.29. The minimum atomic E-state index is 0.565. The van der Waals surface area contributed by atoms with Crippen LogP contribution in [0.2, 0.25) is 5.02 Å². The van der Waals surface area contributed by atoms with Gasteiger partial charge in [0.1, 0.15) is 0 Å². The molecule has 1 aromatic carbocycles. The molecule has 1 N–H and O–H groups in total. The van der Waals surface area contributed by atoms with Crippen LogP contribution in [0.1, 0.15) is 24.3 Å². The molecule has 0 spiro atoms. The third-order valence-corrected chi connectivity index (χ3v) is 3.76. The molecule has 1 fully saturated rings. The maximum absolute atomic E-state index is 5.89. The van der Waals surface area contributed by atoms with E-state index in [1.165, 1.54) is 18.4 Å². The Morgan fingerprint density at radius 2 is 1.89 bits per heavy atom. The fraction of sp³-hybridized carbons (Fsp3) is 0.267. The predicted molar refractivity (Wildman–Crippen MR) is 75.1 cm³/mol. The molecule has 18 heavy (non-hydrogen) atoms. The Labute approximate surface area is 112 Å². The number of anilines is 1. The van der Waals surface area contributed by atoms with Crippen molar-refractivity contribution in [1.82, 2.24) is 4.98 Å². The molecule has 1 heterocycles. The summed E-state index contributed by atoms with van der Waals surface area (Å²) in [6, 6.07) is 12.8. The van der Waals surface area contributed by atoms with Crippen LogP contribution in [0.25, 0.3) is 0 Å². The predicted octanol–water partition coefficient (Wildman–Crippen LogP) is 4.09. The lowest BCUT2D eigenvalue weighted by molar-refractivity contribution is 0.374. The van der Waals surface area contributed by atoms with Crippen LogP contribution in [0.3, 0.4) is 0 Å². The Bertz CT molecular complexity index is 504. The number of aromatic nitrogens is 1. The van der Waals surface area contributed by atoms with Gasteiger partial charge < -0.3 is 5.32 Å². The zero-order valence-corrected chi connectivity index (χ0v) is 10.8. The molecule has 0 unspecified atom stereocenters. The lowest BCUT2D eigenvalue weighted by Crippen LogP contribution is -2.33. The molecule has 1 aliphatic rings. The van der Waals surface area contributed by atoms with E-state index >= 15 is 0 Å². The minimum Gasteiger partial charge on any atom is -0.381 e. The zero-order valence-electron chi connectivity index (χ0n) is 10.0. The van der Waals surface area contributed by atoms with Crippen molar-refractivity contribution in [2.45, 2.75) is 24.8 Å². The van der Waals surface area contributed by atoms with Crippen molar-refractivity contribution in [3.05, 3.63) is 59.4 Å². The van der Waals surface area contributed by atoms with Crippen molar-refractivity contribution >= 4 is 17.3 Å². The van der Waals surface area contributed by atoms with E-state index in [2.05, 4.69) is 28.5 Å². The van der Waals surface area contributed by atoms with Crippen LogP contribution in [0.5, 0.6) is 0 Å². The molecule has 0 radical (unpaired) electrons. The molecule has 0 saturated heterocycles. The Morgan fingerprint density at radius 3 is 2.56 bits per heavy atom. The first kappa shape index (κ1) is 11.5. The Kier molecular flexibility index (Phi) is 3.20. The van der Waals surface area contributed by atoms with Crippen LogP contribution in [-0.4, -0.2) is 11.0 Å². The van der Waals surface area contributed by atoms with E-state index in [0.717, 1.165) is 10.7 Å². The van der Waals surface area contributed by atoms with Gasteiger partial charge in [0.2, 0.25) is 0 Å². The number of pyridine rings is 1.